The highest BCUT2D eigenvalue weighted by Gasteiger charge is 2.20. The largest absolute Gasteiger partial charge is 0.515 e. The molecule has 8 nitrogen and oxygen atoms in total. The molecule has 1 fully saturated rings. The van der Waals surface area contributed by atoms with Gasteiger partial charge in [0.1, 0.15) is 5.75 Å². The lowest BCUT2D eigenvalue weighted by atomic mass is 9.90. The second kappa shape index (κ2) is 12.2. The molecule has 1 N–H and O–H groups in total. The van der Waals surface area contributed by atoms with Crippen LogP contribution in [0.1, 0.15) is 24.0 Å². The first-order valence-electron chi connectivity index (χ1n) is 11.7. The Labute approximate surface area is 221 Å². The number of hydrogen-bond acceptors (Lipinski definition) is 6. The van der Waals surface area contributed by atoms with Gasteiger partial charge in [-0.3, -0.25) is 14.3 Å². The SMILES string of the molecule is O=C(OCn1cc(F)c(=O)[nH]c1=O)Oc1ccc(CC2CCN(c3ccc(CCI)cc3)CC2)cc1. The van der Waals surface area contributed by atoms with Crippen LogP contribution >= 0.6 is 22.6 Å². The lowest BCUT2D eigenvalue weighted by Crippen LogP contribution is -2.34. The van der Waals surface area contributed by atoms with Crippen molar-refractivity contribution in [3.8, 4) is 5.75 Å². The quantitative estimate of drug-likeness (QED) is 0.178. The van der Waals surface area contributed by atoms with Crippen LogP contribution in [0.3, 0.4) is 0 Å². The van der Waals surface area contributed by atoms with Crippen LogP contribution in [0.15, 0.2) is 64.3 Å². The predicted molar refractivity (Wildman–Crippen MR) is 143 cm³/mol. The highest BCUT2D eigenvalue weighted by atomic mass is 127. The minimum atomic E-state index is -1.16. The summed E-state index contributed by atoms with van der Waals surface area (Å²) >= 11 is 2.40. The van der Waals surface area contributed by atoms with Crippen LogP contribution in [0.2, 0.25) is 0 Å². The summed E-state index contributed by atoms with van der Waals surface area (Å²) in [7, 11) is 0. The van der Waals surface area contributed by atoms with E-state index in [0.717, 1.165) is 48.8 Å². The Morgan fingerprint density at radius 3 is 2.36 bits per heavy atom. The van der Waals surface area contributed by atoms with Gasteiger partial charge in [0.05, 0.1) is 6.20 Å². The van der Waals surface area contributed by atoms with Crippen molar-refractivity contribution in [3.05, 3.63) is 92.5 Å². The number of alkyl halides is 1. The number of halogens is 2. The first-order chi connectivity index (χ1) is 17.4. The number of aromatic nitrogens is 2. The fourth-order valence-electron chi connectivity index (χ4n) is 4.23. The number of anilines is 1. The van der Waals surface area contributed by atoms with Gasteiger partial charge in [-0.05, 0) is 67.0 Å². The van der Waals surface area contributed by atoms with E-state index in [1.807, 2.05) is 12.1 Å². The van der Waals surface area contributed by atoms with Crippen molar-refractivity contribution in [2.75, 3.05) is 22.4 Å². The Balaban J connectivity index is 1.22. The Morgan fingerprint density at radius 1 is 1.03 bits per heavy atom. The molecule has 0 spiro atoms. The molecule has 36 heavy (non-hydrogen) atoms. The highest BCUT2D eigenvalue weighted by Crippen LogP contribution is 2.27. The van der Waals surface area contributed by atoms with Crippen LogP contribution in [-0.2, 0) is 24.3 Å². The zero-order valence-corrected chi connectivity index (χ0v) is 21.8. The number of aromatic amines is 1. The number of carbonyl (C=O) groups is 1. The highest BCUT2D eigenvalue weighted by molar-refractivity contribution is 14.1. The molecule has 2 aromatic carbocycles. The van der Waals surface area contributed by atoms with Gasteiger partial charge < -0.3 is 14.4 Å². The molecular weight excluding hydrogens is 580 g/mol. The molecule has 0 bridgehead atoms. The average molecular weight is 607 g/mol. The Morgan fingerprint density at radius 2 is 1.69 bits per heavy atom. The van der Waals surface area contributed by atoms with E-state index >= 15 is 0 Å². The number of H-pyrrole nitrogens is 1. The number of ether oxygens (including phenoxy) is 2. The Kier molecular flexibility index (Phi) is 8.79. The van der Waals surface area contributed by atoms with Gasteiger partial charge in [-0.25, -0.2) is 9.59 Å². The summed E-state index contributed by atoms with van der Waals surface area (Å²) in [6, 6.07) is 16.1. The third kappa shape index (κ3) is 6.96. The van der Waals surface area contributed by atoms with Gasteiger partial charge in [0.2, 0.25) is 5.82 Å². The summed E-state index contributed by atoms with van der Waals surface area (Å²) in [5, 5.41) is 0. The Hall–Kier alpha value is -3.15. The van der Waals surface area contributed by atoms with Gasteiger partial charge in [0.25, 0.3) is 5.56 Å². The molecule has 0 radical (unpaired) electrons. The molecule has 0 unspecified atom stereocenters. The van der Waals surface area contributed by atoms with Gasteiger partial charge in [0, 0.05) is 23.2 Å². The normalized spacial score (nSPS) is 14.0. The summed E-state index contributed by atoms with van der Waals surface area (Å²) in [6.07, 6.45) is 3.91. The van der Waals surface area contributed by atoms with Crippen molar-refractivity contribution in [3.63, 3.8) is 0 Å². The monoisotopic (exact) mass is 607 g/mol. The maximum Gasteiger partial charge on any atom is 0.515 e. The predicted octanol–water partition coefficient (Wildman–Crippen LogP) is 4.29. The fraction of sp³-hybridized carbons (Fsp3) is 0.346. The first-order valence-corrected chi connectivity index (χ1v) is 13.3. The van der Waals surface area contributed by atoms with E-state index in [1.165, 1.54) is 11.3 Å². The zero-order valence-electron chi connectivity index (χ0n) is 19.6. The first kappa shape index (κ1) is 25.9. The topological polar surface area (TPSA) is 93.6 Å². The zero-order chi connectivity index (χ0) is 25.5. The number of nitrogens with zero attached hydrogens (tertiary/aromatic N) is 2. The number of rotatable bonds is 8. The molecular formula is C26H27FIN3O5. The van der Waals surface area contributed by atoms with Crippen LogP contribution in [0.4, 0.5) is 14.9 Å². The van der Waals surface area contributed by atoms with E-state index in [0.29, 0.717) is 22.4 Å². The molecule has 0 aliphatic carbocycles. The van der Waals surface area contributed by atoms with Crippen LogP contribution in [0, 0.1) is 11.7 Å². The molecule has 1 aliphatic heterocycles. The van der Waals surface area contributed by atoms with E-state index in [4.69, 9.17) is 9.47 Å². The van der Waals surface area contributed by atoms with Crippen molar-refractivity contribution in [1.29, 1.82) is 0 Å². The second-order valence-corrected chi connectivity index (χ2v) is 9.79. The van der Waals surface area contributed by atoms with E-state index in [-0.39, 0.29) is 0 Å². The van der Waals surface area contributed by atoms with Crippen molar-refractivity contribution in [2.45, 2.75) is 32.4 Å². The fourth-order valence-corrected chi connectivity index (χ4v) is 4.85. The molecule has 1 aromatic heterocycles. The molecule has 1 saturated heterocycles. The number of hydrogen-bond donors (Lipinski definition) is 1. The molecule has 3 aromatic rings. The van der Waals surface area contributed by atoms with Crippen molar-refractivity contribution in [1.82, 2.24) is 9.55 Å². The molecule has 1 aliphatic rings. The minimum Gasteiger partial charge on any atom is -0.412 e. The molecule has 0 saturated carbocycles. The molecule has 190 valence electrons. The van der Waals surface area contributed by atoms with E-state index in [2.05, 4.69) is 51.8 Å². The van der Waals surface area contributed by atoms with Gasteiger partial charge >= 0.3 is 11.8 Å². The number of benzene rings is 2. The smallest absolute Gasteiger partial charge is 0.412 e. The van der Waals surface area contributed by atoms with E-state index < -0.39 is 30.0 Å². The molecule has 2 heterocycles. The number of aryl methyl sites for hydroxylation is 1. The Bertz CT molecular complexity index is 1280. The summed E-state index contributed by atoms with van der Waals surface area (Å²) < 4.78 is 25.1. The summed E-state index contributed by atoms with van der Waals surface area (Å²) in [5.41, 5.74) is 1.79. The van der Waals surface area contributed by atoms with Gasteiger partial charge in [-0.2, -0.15) is 4.39 Å². The van der Waals surface area contributed by atoms with E-state index in [9.17, 15) is 18.8 Å². The van der Waals surface area contributed by atoms with Gasteiger partial charge in [0.15, 0.2) is 6.73 Å². The summed E-state index contributed by atoms with van der Waals surface area (Å²) in [5.74, 6) is -0.273. The second-order valence-electron chi connectivity index (χ2n) is 8.72. The van der Waals surface area contributed by atoms with E-state index in [1.54, 1.807) is 17.1 Å². The molecule has 0 amide bonds. The van der Waals surface area contributed by atoms with Crippen LogP contribution < -0.4 is 20.9 Å². The number of piperidine rings is 1. The molecule has 10 heteroatoms. The lowest BCUT2D eigenvalue weighted by Gasteiger charge is -2.34. The summed E-state index contributed by atoms with van der Waals surface area (Å²) in [6.45, 7) is 1.47. The van der Waals surface area contributed by atoms with Gasteiger partial charge in [-0.1, -0.05) is 46.9 Å². The molecule has 4 rings (SSSR count). The van der Waals surface area contributed by atoms with Crippen molar-refractivity contribution >= 4 is 34.4 Å². The number of nitrogens with one attached hydrogen (secondary N) is 1. The minimum absolute atomic E-state index is 0.296. The maximum absolute atomic E-state index is 13.3. The van der Waals surface area contributed by atoms with Crippen LogP contribution in [-0.4, -0.2) is 33.2 Å². The summed E-state index contributed by atoms with van der Waals surface area (Å²) in [4.78, 5) is 38.8. The maximum atomic E-state index is 13.3. The van der Waals surface area contributed by atoms with Gasteiger partial charge in [-0.15, -0.1) is 0 Å². The number of carbonyl (C=O) groups excluding carboxylic acids is 1. The third-order valence-corrected chi connectivity index (χ3v) is 6.78. The van der Waals surface area contributed by atoms with Crippen molar-refractivity contribution in [2.24, 2.45) is 5.92 Å². The standard InChI is InChI=1S/C26H27FIN3O5/c27-23-16-31(25(33)29-24(23)32)17-35-26(34)36-22-7-3-19(4-8-22)15-20-10-13-30(14-11-20)21-5-1-18(2-6-21)9-12-28/h1-8,16,20H,9-15,17H2,(H,29,32,33). The lowest BCUT2D eigenvalue weighted by molar-refractivity contribution is 0.0694. The third-order valence-electron chi connectivity index (χ3n) is 6.24. The van der Waals surface area contributed by atoms with Crippen LogP contribution in [0.25, 0.3) is 0 Å². The van der Waals surface area contributed by atoms with Crippen molar-refractivity contribution < 1.29 is 18.7 Å². The molecule has 0 atom stereocenters. The van der Waals surface area contributed by atoms with Crippen LogP contribution in [0.5, 0.6) is 5.75 Å². The average Bonchev–Trinajstić information content (AvgIpc) is 2.88.